The molecule has 1 rings (SSSR count). The summed E-state index contributed by atoms with van der Waals surface area (Å²) in [6, 6.07) is 6.62. The molecule has 128 valence electrons. The summed E-state index contributed by atoms with van der Waals surface area (Å²) >= 11 is 0. The van der Waals surface area contributed by atoms with Crippen LogP contribution in [0.2, 0.25) is 0 Å². The second-order valence-electron chi connectivity index (χ2n) is 4.59. The van der Waals surface area contributed by atoms with Crippen LogP contribution in [-0.4, -0.2) is 37.6 Å². The summed E-state index contributed by atoms with van der Waals surface area (Å²) in [5.74, 6) is -0.0559. The van der Waals surface area contributed by atoms with Gasteiger partial charge in [0, 0.05) is 13.0 Å². The highest BCUT2D eigenvalue weighted by Crippen LogP contribution is 2.14. The zero-order valence-corrected chi connectivity index (χ0v) is 16.0. The predicted molar refractivity (Wildman–Crippen MR) is 98.8 cm³/mol. The number of benzene rings is 1. The van der Waals surface area contributed by atoms with Crippen LogP contribution in [0.4, 0.5) is 0 Å². The number of hydrogen-bond donors (Lipinski definition) is 3. The number of ether oxygens (including phenoxy) is 1. The van der Waals surface area contributed by atoms with E-state index in [-0.39, 0.29) is 12.5 Å². The highest BCUT2D eigenvalue weighted by Gasteiger charge is 2.21. The average Bonchev–Trinajstić information content (AvgIpc) is 2.55. The molecule has 1 aromatic rings. The van der Waals surface area contributed by atoms with Crippen molar-refractivity contribution >= 4 is 40.1 Å². The van der Waals surface area contributed by atoms with Crippen LogP contribution in [0.3, 0.4) is 0 Å². The average molecular weight is 377 g/mol. The van der Waals surface area contributed by atoms with Crippen molar-refractivity contribution in [1.82, 2.24) is 15.5 Å². The molecule has 0 heterocycles. The zero-order valence-electron chi connectivity index (χ0n) is 12.6. The molecule has 0 aliphatic rings. The summed E-state index contributed by atoms with van der Waals surface area (Å²) in [6.07, 6.45) is 0.337. The summed E-state index contributed by atoms with van der Waals surface area (Å²) in [7, 11) is 6.54. The fraction of sp³-hybridized carbons (Fsp3) is 0.385. The van der Waals surface area contributed by atoms with Gasteiger partial charge in [0.2, 0.25) is 5.91 Å². The third-order valence-corrected chi connectivity index (χ3v) is 3.60. The van der Waals surface area contributed by atoms with Crippen molar-refractivity contribution in [3.8, 4) is 5.75 Å². The Kier molecular flexibility index (Phi) is 10.3. The summed E-state index contributed by atoms with van der Waals surface area (Å²) in [4.78, 5) is 23.4. The molecule has 3 N–H and O–H groups in total. The third-order valence-electron chi connectivity index (χ3n) is 2.88. The fourth-order valence-corrected chi connectivity index (χ4v) is 2.27. The first-order chi connectivity index (χ1) is 11.1. The molecule has 0 spiro atoms. The summed E-state index contributed by atoms with van der Waals surface area (Å²) in [5.41, 5.74) is 0.890. The van der Waals surface area contributed by atoms with Crippen LogP contribution < -0.4 is 20.2 Å². The Morgan fingerprint density at radius 2 is 1.83 bits per heavy atom. The Hall–Kier alpha value is -0.830. The molecule has 4 unspecified atom stereocenters. The van der Waals surface area contributed by atoms with E-state index in [0.29, 0.717) is 13.0 Å². The maximum Gasteiger partial charge on any atom is 0.331 e. The lowest BCUT2D eigenvalue weighted by atomic mass is 10.1. The molecule has 1 aromatic carbocycles. The van der Waals surface area contributed by atoms with E-state index < -0.39 is 12.0 Å². The molecule has 0 radical (unpaired) electrons. The summed E-state index contributed by atoms with van der Waals surface area (Å²) < 4.78 is 10.2. The predicted octanol–water partition coefficient (Wildman–Crippen LogP) is 0.185. The third kappa shape index (κ3) is 8.01. The van der Waals surface area contributed by atoms with Gasteiger partial charge in [-0.25, -0.2) is 4.79 Å². The number of nitrogens with one attached hydrogen (secondary N) is 3. The molecule has 0 fully saturated rings. The lowest BCUT2D eigenvalue weighted by Gasteiger charge is -2.16. The Labute approximate surface area is 142 Å². The topological polar surface area (TPSA) is 88.7 Å². The molecule has 4 atom stereocenters. The Bertz CT molecular complexity index is 502. The van der Waals surface area contributed by atoms with Gasteiger partial charge in [0.25, 0.3) is 0 Å². The van der Waals surface area contributed by atoms with Crippen LogP contribution in [0, 0.1) is 0 Å². The van der Waals surface area contributed by atoms with Crippen molar-refractivity contribution in [2.45, 2.75) is 12.5 Å². The lowest BCUT2D eigenvalue weighted by Crippen LogP contribution is -2.45. The Morgan fingerprint density at radius 1 is 1.13 bits per heavy atom. The fourth-order valence-electron chi connectivity index (χ4n) is 1.80. The van der Waals surface area contributed by atoms with Crippen molar-refractivity contribution in [2.75, 3.05) is 19.7 Å². The van der Waals surface area contributed by atoms with E-state index in [9.17, 15) is 9.59 Å². The quantitative estimate of drug-likeness (QED) is 0.399. The summed E-state index contributed by atoms with van der Waals surface area (Å²) in [5, 5.41) is 8.19. The second kappa shape index (κ2) is 11.7. The standard InChI is InChI=1S/C13H22N3O4P3/c17-12(8-15-22)16-11(13(18)20-23)7-9-1-3-10(4-2-9)19-6-5-14-21/h1-4,11,14-15H,5-8,21-23H2,(H,16,17). The van der Waals surface area contributed by atoms with Crippen molar-refractivity contribution in [3.05, 3.63) is 29.8 Å². The molecule has 1 amide bonds. The number of carbonyl (C=O) groups excluding carboxylic acids is 2. The molecule has 0 saturated heterocycles. The number of amides is 1. The van der Waals surface area contributed by atoms with Crippen molar-refractivity contribution in [2.24, 2.45) is 0 Å². The van der Waals surface area contributed by atoms with E-state index in [2.05, 4.69) is 38.8 Å². The first kappa shape index (κ1) is 20.2. The van der Waals surface area contributed by atoms with Gasteiger partial charge in [-0.3, -0.25) is 15.0 Å². The molecular weight excluding hydrogens is 355 g/mol. The van der Waals surface area contributed by atoms with E-state index in [4.69, 9.17) is 4.74 Å². The normalized spacial score (nSPS) is 11.6. The van der Waals surface area contributed by atoms with Gasteiger partial charge in [-0.05, 0) is 17.7 Å². The summed E-state index contributed by atoms with van der Waals surface area (Å²) in [6.45, 7) is 1.38. The maximum atomic E-state index is 11.8. The van der Waals surface area contributed by atoms with E-state index in [1.807, 2.05) is 33.7 Å². The molecular formula is C13H22N3O4P3. The zero-order chi connectivity index (χ0) is 17.1. The molecule has 0 aliphatic carbocycles. The van der Waals surface area contributed by atoms with Crippen molar-refractivity contribution in [3.63, 3.8) is 0 Å². The smallest absolute Gasteiger partial charge is 0.331 e. The van der Waals surface area contributed by atoms with Crippen LogP contribution in [0.15, 0.2) is 24.3 Å². The molecule has 23 heavy (non-hydrogen) atoms. The van der Waals surface area contributed by atoms with Crippen LogP contribution in [0.1, 0.15) is 5.56 Å². The number of rotatable bonds is 10. The first-order valence-electron chi connectivity index (χ1n) is 6.89. The monoisotopic (exact) mass is 377 g/mol. The van der Waals surface area contributed by atoms with Gasteiger partial charge in [0.15, 0.2) is 0 Å². The minimum Gasteiger partial charge on any atom is -0.492 e. The van der Waals surface area contributed by atoms with Crippen LogP contribution >= 0.6 is 28.2 Å². The maximum absolute atomic E-state index is 11.8. The van der Waals surface area contributed by atoms with Gasteiger partial charge in [-0.2, -0.15) is 0 Å². The molecule has 10 heteroatoms. The number of carbonyl (C=O) groups is 2. The highest BCUT2D eigenvalue weighted by molar-refractivity contribution is 7.13. The molecule has 0 bridgehead atoms. The molecule has 0 saturated carbocycles. The minimum atomic E-state index is -0.744. The first-order valence-corrected chi connectivity index (χ1v) is 8.52. The van der Waals surface area contributed by atoms with E-state index in [0.717, 1.165) is 17.9 Å². The van der Waals surface area contributed by atoms with Crippen LogP contribution in [-0.2, 0) is 20.5 Å². The van der Waals surface area contributed by atoms with Gasteiger partial charge >= 0.3 is 5.97 Å². The Morgan fingerprint density at radius 3 is 2.39 bits per heavy atom. The van der Waals surface area contributed by atoms with E-state index in [1.165, 1.54) is 0 Å². The second-order valence-corrected chi connectivity index (χ2v) is 5.64. The SMILES string of the molecule is O=C(CNP)NC(Cc1ccc(OCCNP)cc1)C(=O)OP. The van der Waals surface area contributed by atoms with E-state index >= 15 is 0 Å². The van der Waals surface area contributed by atoms with Crippen LogP contribution in [0.5, 0.6) is 5.75 Å². The van der Waals surface area contributed by atoms with E-state index in [1.54, 1.807) is 0 Å². The molecule has 0 aliphatic heterocycles. The van der Waals surface area contributed by atoms with Gasteiger partial charge in [0.05, 0.1) is 16.0 Å². The molecule has 7 nitrogen and oxygen atoms in total. The number of hydrogen-bond acceptors (Lipinski definition) is 6. The van der Waals surface area contributed by atoms with Gasteiger partial charge < -0.3 is 14.6 Å². The highest BCUT2D eigenvalue weighted by atomic mass is 31.0. The molecule has 0 aromatic heterocycles. The van der Waals surface area contributed by atoms with Crippen molar-refractivity contribution in [1.29, 1.82) is 0 Å². The largest absolute Gasteiger partial charge is 0.492 e. The lowest BCUT2D eigenvalue weighted by molar-refractivity contribution is -0.138. The van der Waals surface area contributed by atoms with Gasteiger partial charge in [0.1, 0.15) is 18.4 Å². The van der Waals surface area contributed by atoms with Crippen LogP contribution in [0.25, 0.3) is 0 Å². The van der Waals surface area contributed by atoms with Gasteiger partial charge in [-0.15, -0.1) is 0 Å². The van der Waals surface area contributed by atoms with Crippen molar-refractivity contribution < 1.29 is 18.8 Å². The Balaban J connectivity index is 2.64. The minimum absolute atomic E-state index is 0.0990. The van der Waals surface area contributed by atoms with Gasteiger partial charge in [-0.1, -0.05) is 30.9 Å².